The number of fused-ring (bicyclic) bond motifs is 3. The van der Waals surface area contributed by atoms with Crippen molar-refractivity contribution >= 4 is 56.7 Å². The molecule has 3 aliphatic rings. The highest BCUT2D eigenvalue weighted by Gasteiger charge is 2.47. The van der Waals surface area contributed by atoms with Gasteiger partial charge in [0.1, 0.15) is 23.8 Å². The lowest BCUT2D eigenvalue weighted by Crippen LogP contribution is -2.60. The maximum absolute atomic E-state index is 14.5. The first-order valence-corrected chi connectivity index (χ1v) is 20.4. The van der Waals surface area contributed by atoms with Gasteiger partial charge in [-0.25, -0.2) is 13.2 Å². The van der Waals surface area contributed by atoms with Crippen LogP contribution in [0.3, 0.4) is 0 Å². The molecule has 54 heavy (non-hydrogen) atoms. The van der Waals surface area contributed by atoms with Crippen molar-refractivity contribution in [2.24, 2.45) is 23.8 Å². The number of sulfonamides is 1. The molecule has 5 rings (SSSR count). The Kier molecular flexibility index (Phi) is 11.9. The van der Waals surface area contributed by atoms with Gasteiger partial charge in [-0.15, -0.1) is 0 Å². The van der Waals surface area contributed by atoms with Crippen LogP contribution in [0.15, 0.2) is 30.3 Å². The number of benzene rings is 1. The summed E-state index contributed by atoms with van der Waals surface area (Å²) >= 11 is 0. The molecule has 15 heteroatoms. The number of ether oxygens (including phenoxy) is 1. The molecule has 3 heterocycles. The fraction of sp³-hybridized carbons (Fsp3) is 0.615. The molecule has 1 saturated carbocycles. The van der Waals surface area contributed by atoms with Crippen LogP contribution in [-0.4, -0.2) is 90.2 Å². The van der Waals surface area contributed by atoms with E-state index in [1.54, 1.807) is 27.7 Å². The number of cyclic esters (lactones) is 1. The first kappa shape index (κ1) is 40.8. The predicted molar refractivity (Wildman–Crippen MR) is 206 cm³/mol. The van der Waals surface area contributed by atoms with E-state index in [9.17, 15) is 32.4 Å². The summed E-state index contributed by atoms with van der Waals surface area (Å²) < 4.78 is 35.0. The molecule has 4 N–H and O–H groups in total. The van der Waals surface area contributed by atoms with Gasteiger partial charge in [-0.05, 0) is 66.5 Å². The van der Waals surface area contributed by atoms with Gasteiger partial charge in [0.2, 0.25) is 21.8 Å². The minimum atomic E-state index is -3.89. The lowest BCUT2D eigenvalue weighted by molar-refractivity contribution is -0.142. The van der Waals surface area contributed by atoms with Crippen LogP contribution in [0.2, 0.25) is 0 Å². The van der Waals surface area contributed by atoms with Gasteiger partial charge in [0, 0.05) is 30.5 Å². The molecule has 1 unspecified atom stereocenters. The van der Waals surface area contributed by atoms with Gasteiger partial charge in [-0.2, -0.15) is 0 Å². The highest BCUT2D eigenvalue weighted by atomic mass is 32.2. The Morgan fingerprint density at radius 3 is 2.46 bits per heavy atom. The number of carbonyl (C=O) groups excluding carboxylic acids is 5. The highest BCUT2D eigenvalue weighted by molar-refractivity contribution is 7.90. The number of nitrogens with one attached hydrogen (secondary N) is 4. The normalized spacial score (nSPS) is 24.6. The molecule has 1 aliphatic carbocycles. The summed E-state index contributed by atoms with van der Waals surface area (Å²) in [5.41, 5.74) is 0.993. The van der Waals surface area contributed by atoms with Crippen molar-refractivity contribution in [3.8, 4) is 0 Å². The largest absolute Gasteiger partial charge is 0.449 e. The molecule has 5 atom stereocenters. The molecule has 1 saturated heterocycles. The van der Waals surface area contributed by atoms with Gasteiger partial charge >= 0.3 is 6.09 Å². The van der Waals surface area contributed by atoms with Crippen molar-refractivity contribution in [3.05, 3.63) is 41.6 Å². The monoisotopic (exact) mass is 768 g/mol. The van der Waals surface area contributed by atoms with Gasteiger partial charge in [-0.3, -0.25) is 23.9 Å². The molecule has 4 bridgehead atoms. The zero-order valence-electron chi connectivity index (χ0n) is 32.7. The van der Waals surface area contributed by atoms with Gasteiger partial charge in [0.15, 0.2) is 0 Å². The average Bonchev–Trinajstić information content (AvgIpc) is 3.80. The Morgan fingerprint density at radius 2 is 1.81 bits per heavy atom. The predicted octanol–water partition coefficient (Wildman–Crippen LogP) is 3.99. The molecule has 1 aromatic heterocycles. The van der Waals surface area contributed by atoms with Crippen molar-refractivity contribution in [2.45, 2.75) is 116 Å². The van der Waals surface area contributed by atoms with E-state index in [1.807, 2.05) is 62.7 Å². The molecule has 0 spiro atoms. The fourth-order valence-corrected chi connectivity index (χ4v) is 8.38. The summed E-state index contributed by atoms with van der Waals surface area (Å²) in [5, 5.41) is 8.77. The van der Waals surface area contributed by atoms with Crippen LogP contribution < -0.4 is 20.7 Å². The third-order valence-corrected chi connectivity index (χ3v) is 12.7. The molecule has 2 fully saturated rings. The SMILES string of the molecule is CC[C@H](C)C(NC(=O)[C@@H]1C[C@@H]2CN1C(=O)[C@H](C(C)(C)C)NC(=O)OCC(C)(C)CC/C=C/c1cccc3c1cc(n3C)C(=O)N2)C(=O)NS(=O)(=O)C1CC1. The van der Waals surface area contributed by atoms with E-state index in [-0.39, 0.29) is 25.0 Å². The maximum atomic E-state index is 14.5. The first-order chi connectivity index (χ1) is 25.2. The second-order valence-corrected chi connectivity index (χ2v) is 18.9. The van der Waals surface area contributed by atoms with E-state index in [0.717, 1.165) is 16.5 Å². The Morgan fingerprint density at radius 1 is 1.11 bits per heavy atom. The third kappa shape index (κ3) is 9.27. The van der Waals surface area contributed by atoms with Crippen LogP contribution in [0, 0.1) is 16.7 Å². The van der Waals surface area contributed by atoms with E-state index in [1.165, 1.54) is 4.90 Å². The van der Waals surface area contributed by atoms with Crippen LogP contribution in [0.5, 0.6) is 0 Å². The summed E-state index contributed by atoms with van der Waals surface area (Å²) in [4.78, 5) is 70.7. The van der Waals surface area contributed by atoms with E-state index < -0.39 is 80.5 Å². The lowest BCUT2D eigenvalue weighted by atomic mass is 9.85. The van der Waals surface area contributed by atoms with Crippen molar-refractivity contribution in [1.82, 2.24) is 30.1 Å². The smallest absolute Gasteiger partial charge is 0.407 e. The fourth-order valence-electron chi connectivity index (χ4n) is 7.05. The zero-order valence-corrected chi connectivity index (χ0v) is 33.5. The zero-order chi connectivity index (χ0) is 39.7. The molecule has 14 nitrogen and oxygen atoms in total. The number of amides is 5. The first-order valence-electron chi connectivity index (χ1n) is 18.9. The van der Waals surface area contributed by atoms with Crippen LogP contribution >= 0.6 is 0 Å². The second-order valence-electron chi connectivity index (χ2n) is 17.0. The maximum Gasteiger partial charge on any atom is 0.407 e. The van der Waals surface area contributed by atoms with Crippen molar-refractivity contribution in [3.63, 3.8) is 0 Å². The van der Waals surface area contributed by atoms with E-state index in [2.05, 4.69) is 26.7 Å². The third-order valence-electron chi connectivity index (χ3n) is 10.8. The minimum Gasteiger partial charge on any atom is -0.449 e. The number of hydrogen-bond donors (Lipinski definition) is 4. The molecule has 0 radical (unpaired) electrons. The Bertz CT molecular complexity index is 1930. The second kappa shape index (κ2) is 15.8. The molecule has 2 aromatic rings. The molecule has 5 amide bonds. The summed E-state index contributed by atoms with van der Waals surface area (Å²) in [6.45, 7) is 12.9. The van der Waals surface area contributed by atoms with Crippen LogP contribution in [0.25, 0.3) is 17.0 Å². The highest BCUT2D eigenvalue weighted by Crippen LogP contribution is 2.30. The number of hydrogen-bond acceptors (Lipinski definition) is 8. The van der Waals surface area contributed by atoms with E-state index in [4.69, 9.17) is 4.74 Å². The van der Waals surface area contributed by atoms with E-state index in [0.29, 0.717) is 37.8 Å². The summed E-state index contributed by atoms with van der Waals surface area (Å²) in [5.74, 6) is -2.94. The molecule has 296 valence electrons. The number of alkyl carbamates (subject to hydrolysis) is 1. The summed E-state index contributed by atoms with van der Waals surface area (Å²) in [6, 6.07) is 3.50. The van der Waals surface area contributed by atoms with Gasteiger partial charge in [0.25, 0.3) is 11.8 Å². The van der Waals surface area contributed by atoms with Gasteiger partial charge in [0.05, 0.1) is 11.9 Å². The van der Waals surface area contributed by atoms with Gasteiger partial charge < -0.3 is 30.2 Å². The van der Waals surface area contributed by atoms with Crippen LogP contribution in [0.1, 0.15) is 103 Å². The number of nitrogens with zero attached hydrogens (tertiary/aromatic N) is 2. The quantitative estimate of drug-likeness (QED) is 0.326. The minimum absolute atomic E-state index is 0.00591. The Balaban J connectivity index is 1.50. The Hall–Kier alpha value is -4.40. The van der Waals surface area contributed by atoms with Crippen molar-refractivity contribution in [1.29, 1.82) is 0 Å². The Labute approximate surface area is 318 Å². The number of carbonyl (C=O) groups is 5. The number of aromatic nitrogens is 1. The molecular weight excluding hydrogens is 713 g/mol. The van der Waals surface area contributed by atoms with Crippen LogP contribution in [0.4, 0.5) is 4.79 Å². The summed E-state index contributed by atoms with van der Waals surface area (Å²) in [7, 11) is -2.08. The van der Waals surface area contributed by atoms with Crippen molar-refractivity contribution < 1.29 is 37.1 Å². The molecular formula is C39H56N6O8S. The number of aryl methyl sites for hydroxylation is 1. The molecule has 2 aliphatic heterocycles. The molecule has 1 aromatic carbocycles. The number of rotatable bonds is 7. The lowest BCUT2D eigenvalue weighted by Gasteiger charge is -2.36. The average molecular weight is 769 g/mol. The van der Waals surface area contributed by atoms with E-state index >= 15 is 0 Å². The topological polar surface area (TPSA) is 185 Å². The standard InChI is InChI=1S/C39H56N6O8S/c1-9-23(2)31(35(48)43-54(51,52)26-16-17-26)41-34(47)30-19-25-21-45(30)36(49)32(38(3,4)5)42-37(50)53-22-39(6,7)18-11-10-13-24-14-12-15-28-27(24)20-29(44(28)8)33(46)40-25/h10,12-15,20,23,25-26,30-32H,9,11,16-19,21-22H2,1-8H3,(H,40,46)(H,41,47)(H,42,50)(H,43,48)/b13-10+/t23-,25+,30-,31?,32+/m0/s1. The number of allylic oxidation sites excluding steroid dienone is 1. The van der Waals surface area contributed by atoms with Crippen molar-refractivity contribution in [2.75, 3.05) is 13.2 Å². The summed E-state index contributed by atoms with van der Waals surface area (Å²) in [6.07, 6.45) is 6.12. The van der Waals surface area contributed by atoms with Crippen LogP contribution in [-0.2, 0) is 36.2 Å². The van der Waals surface area contributed by atoms with Gasteiger partial charge in [-0.1, -0.05) is 79.2 Å².